The Bertz CT molecular complexity index is 1790. The van der Waals surface area contributed by atoms with Gasteiger partial charge >= 0.3 is 39.5 Å². The number of rotatable bonds is 70. The van der Waals surface area contributed by atoms with Crippen molar-refractivity contribution in [2.45, 2.75) is 381 Å². The molecule has 0 amide bonds. The predicted molar refractivity (Wildman–Crippen MR) is 368 cm³/mol. The quantitative estimate of drug-likeness (QED) is 0.0222. The molecule has 540 valence electrons. The van der Waals surface area contributed by atoms with Crippen LogP contribution in [0.2, 0.25) is 0 Å². The van der Waals surface area contributed by atoms with E-state index in [9.17, 15) is 43.2 Å². The van der Waals surface area contributed by atoms with Crippen molar-refractivity contribution in [3.8, 4) is 0 Å². The number of esters is 4. The van der Waals surface area contributed by atoms with Gasteiger partial charge in [-0.1, -0.05) is 312 Å². The molecule has 17 nitrogen and oxygen atoms in total. The molecule has 0 rings (SSSR count). The molecule has 0 aliphatic carbocycles. The zero-order valence-electron chi connectivity index (χ0n) is 59.3. The maximum Gasteiger partial charge on any atom is 0.472 e. The third-order valence-electron chi connectivity index (χ3n) is 17.0. The van der Waals surface area contributed by atoms with E-state index in [1.54, 1.807) is 0 Å². The number of aliphatic hydroxyl groups excluding tert-OH is 1. The van der Waals surface area contributed by atoms with Gasteiger partial charge in [0.05, 0.1) is 26.4 Å². The maximum absolute atomic E-state index is 13.0. The summed E-state index contributed by atoms with van der Waals surface area (Å²) in [5, 5.41) is 10.6. The van der Waals surface area contributed by atoms with Crippen LogP contribution in [0, 0.1) is 17.8 Å². The number of phosphoric ester groups is 2. The van der Waals surface area contributed by atoms with Crippen molar-refractivity contribution in [2.75, 3.05) is 39.6 Å². The average molecular weight is 1340 g/mol. The van der Waals surface area contributed by atoms with Gasteiger partial charge in [-0.05, 0) is 43.4 Å². The van der Waals surface area contributed by atoms with E-state index in [0.717, 1.165) is 108 Å². The van der Waals surface area contributed by atoms with E-state index in [1.165, 1.54) is 173 Å². The first-order valence-corrected chi connectivity index (χ1v) is 40.4. The zero-order valence-corrected chi connectivity index (χ0v) is 61.1. The highest BCUT2D eigenvalue weighted by molar-refractivity contribution is 7.47. The van der Waals surface area contributed by atoms with Crippen LogP contribution < -0.4 is 0 Å². The van der Waals surface area contributed by atoms with Crippen molar-refractivity contribution >= 4 is 39.5 Å². The summed E-state index contributed by atoms with van der Waals surface area (Å²) in [5.74, 6) is 0.150. The Labute approximate surface area is 556 Å². The molecular formula is C72H140O17P2. The van der Waals surface area contributed by atoms with Crippen LogP contribution in [0.25, 0.3) is 0 Å². The van der Waals surface area contributed by atoms with E-state index in [-0.39, 0.29) is 25.7 Å². The lowest BCUT2D eigenvalue weighted by Gasteiger charge is -2.21. The second-order valence-electron chi connectivity index (χ2n) is 27.2. The van der Waals surface area contributed by atoms with Crippen molar-refractivity contribution in [3.63, 3.8) is 0 Å². The average Bonchev–Trinajstić information content (AvgIpc) is 3.40. The second kappa shape index (κ2) is 62.8. The molecule has 3 N–H and O–H groups in total. The van der Waals surface area contributed by atoms with Gasteiger partial charge in [0.1, 0.15) is 19.3 Å². The molecule has 0 aliphatic rings. The minimum Gasteiger partial charge on any atom is -0.462 e. The molecule has 19 heteroatoms. The molecule has 0 bridgehead atoms. The lowest BCUT2D eigenvalue weighted by atomic mass is 9.99. The van der Waals surface area contributed by atoms with Gasteiger partial charge in [0.15, 0.2) is 12.2 Å². The number of hydrogen-bond acceptors (Lipinski definition) is 15. The zero-order chi connectivity index (χ0) is 67.3. The molecule has 0 spiro atoms. The van der Waals surface area contributed by atoms with Gasteiger partial charge in [0, 0.05) is 25.7 Å². The maximum atomic E-state index is 13.0. The van der Waals surface area contributed by atoms with Crippen LogP contribution in [0.1, 0.15) is 363 Å². The van der Waals surface area contributed by atoms with Gasteiger partial charge in [-0.25, -0.2) is 9.13 Å². The van der Waals surface area contributed by atoms with Crippen molar-refractivity contribution in [3.05, 3.63) is 0 Å². The Hall–Kier alpha value is -1.94. The molecule has 3 unspecified atom stereocenters. The Morgan fingerprint density at radius 3 is 0.835 bits per heavy atom. The van der Waals surface area contributed by atoms with Crippen molar-refractivity contribution in [1.29, 1.82) is 0 Å². The first kappa shape index (κ1) is 89.1. The number of hydrogen-bond donors (Lipinski definition) is 3. The van der Waals surface area contributed by atoms with Crippen molar-refractivity contribution < 1.29 is 80.2 Å². The van der Waals surface area contributed by atoms with E-state index < -0.39 is 97.5 Å². The summed E-state index contributed by atoms with van der Waals surface area (Å²) in [5.41, 5.74) is 0. The van der Waals surface area contributed by atoms with Gasteiger partial charge in [-0.15, -0.1) is 0 Å². The van der Waals surface area contributed by atoms with Crippen molar-refractivity contribution in [1.82, 2.24) is 0 Å². The van der Waals surface area contributed by atoms with Crippen LogP contribution in [0.3, 0.4) is 0 Å². The molecule has 0 aromatic carbocycles. The summed E-state index contributed by atoms with van der Waals surface area (Å²) in [6.45, 7) is 11.8. The summed E-state index contributed by atoms with van der Waals surface area (Å²) >= 11 is 0. The molecule has 6 atom stereocenters. The monoisotopic (exact) mass is 1340 g/mol. The van der Waals surface area contributed by atoms with Crippen molar-refractivity contribution in [2.24, 2.45) is 17.8 Å². The van der Waals surface area contributed by atoms with Crippen LogP contribution in [0.5, 0.6) is 0 Å². The predicted octanol–water partition coefficient (Wildman–Crippen LogP) is 20.6. The number of carbonyl (C=O) groups is 4. The molecule has 0 radical (unpaired) electrons. The molecule has 0 fully saturated rings. The fourth-order valence-electron chi connectivity index (χ4n) is 10.9. The standard InChI is InChI=1S/C72H140O17P2/c1-8-10-11-12-13-14-15-16-17-18-25-34-41-48-55-71(76)88-67(59-82-69(74)53-46-39-32-24-20-19-22-29-36-43-50-63(3)4)61-86-90(78,79)84-57-66(73)58-85-91(80,81)87-62-68(89-72(77)56-49-42-35-26-21-23-30-37-44-51-64(5)6)60-83-70(75)54-47-40-33-28-27-31-38-45-52-65(7)9-2/h63-68,73H,8-62H2,1-7H3,(H,78,79)(H,80,81)/t65?,66-,67-,68-/m1/s1. The Balaban J connectivity index is 5.27. The smallest absolute Gasteiger partial charge is 0.462 e. The topological polar surface area (TPSA) is 237 Å². The number of aliphatic hydroxyl groups is 1. The normalized spacial score (nSPS) is 14.5. The summed E-state index contributed by atoms with van der Waals surface area (Å²) in [4.78, 5) is 72.7. The number of carbonyl (C=O) groups excluding carboxylic acids is 4. The molecule has 91 heavy (non-hydrogen) atoms. The fourth-order valence-corrected chi connectivity index (χ4v) is 12.4. The molecule has 0 heterocycles. The summed E-state index contributed by atoms with van der Waals surface area (Å²) in [6, 6.07) is 0. The number of phosphoric acid groups is 2. The van der Waals surface area contributed by atoms with Crippen LogP contribution in [-0.4, -0.2) is 96.7 Å². The van der Waals surface area contributed by atoms with Crippen LogP contribution >= 0.6 is 15.6 Å². The minimum absolute atomic E-state index is 0.105. The fraction of sp³-hybridized carbons (Fsp3) is 0.944. The lowest BCUT2D eigenvalue weighted by molar-refractivity contribution is -0.161. The van der Waals surface area contributed by atoms with Gasteiger partial charge < -0.3 is 33.8 Å². The Kier molecular flexibility index (Phi) is 61.5. The van der Waals surface area contributed by atoms with Gasteiger partial charge in [0.25, 0.3) is 0 Å². The van der Waals surface area contributed by atoms with Crippen LogP contribution in [-0.2, 0) is 65.4 Å². The van der Waals surface area contributed by atoms with Gasteiger partial charge in [-0.2, -0.15) is 0 Å². The molecule has 0 aromatic rings. The minimum atomic E-state index is -4.95. The first-order valence-electron chi connectivity index (χ1n) is 37.4. The van der Waals surface area contributed by atoms with Crippen LogP contribution in [0.15, 0.2) is 0 Å². The molecule has 0 saturated carbocycles. The van der Waals surface area contributed by atoms with Gasteiger partial charge in [0.2, 0.25) is 0 Å². The molecule has 0 aliphatic heterocycles. The molecule has 0 saturated heterocycles. The van der Waals surface area contributed by atoms with Crippen LogP contribution in [0.4, 0.5) is 0 Å². The first-order chi connectivity index (χ1) is 43.8. The Morgan fingerprint density at radius 1 is 0.319 bits per heavy atom. The van der Waals surface area contributed by atoms with E-state index >= 15 is 0 Å². The molecular weight excluding hydrogens is 1200 g/mol. The summed E-state index contributed by atoms with van der Waals surface area (Å²) in [6.07, 6.45) is 47.0. The lowest BCUT2D eigenvalue weighted by Crippen LogP contribution is -2.30. The second-order valence-corrected chi connectivity index (χ2v) is 30.1. The summed E-state index contributed by atoms with van der Waals surface area (Å²) in [7, 11) is -9.91. The SMILES string of the molecule is CCCCCCCCCCCCCCCCC(=O)O[C@H](COC(=O)CCCCCCCCCCCCC(C)C)COP(=O)(O)OC[C@@H](O)COP(=O)(O)OC[C@@H](COC(=O)CCCCCCCCCCC(C)CC)OC(=O)CCCCCCCCCCCC(C)C. The largest absolute Gasteiger partial charge is 0.472 e. The number of unbranched alkanes of at least 4 members (excludes halogenated alkanes) is 37. The van der Waals surface area contributed by atoms with Gasteiger partial charge in [-0.3, -0.25) is 37.3 Å². The third-order valence-corrected chi connectivity index (χ3v) is 18.9. The number of ether oxygens (including phenoxy) is 4. The van der Waals surface area contributed by atoms with E-state index in [0.29, 0.717) is 25.7 Å². The summed E-state index contributed by atoms with van der Waals surface area (Å²) < 4.78 is 68.4. The van der Waals surface area contributed by atoms with E-state index in [2.05, 4.69) is 48.5 Å². The molecule has 0 aromatic heterocycles. The highest BCUT2D eigenvalue weighted by atomic mass is 31.2. The Morgan fingerprint density at radius 2 is 0.560 bits per heavy atom. The highest BCUT2D eigenvalue weighted by Gasteiger charge is 2.30. The highest BCUT2D eigenvalue weighted by Crippen LogP contribution is 2.45. The van der Waals surface area contributed by atoms with E-state index in [4.69, 9.17) is 37.0 Å². The third kappa shape index (κ3) is 65.1. The van der Waals surface area contributed by atoms with E-state index in [1.807, 2.05) is 0 Å².